The SMILES string of the molecule is CCN(C)CCNS(=O)(=O)c1cc(Cl)cc(CO)c1OC. The van der Waals surface area contributed by atoms with E-state index in [1.165, 1.54) is 19.2 Å². The van der Waals surface area contributed by atoms with Crippen molar-refractivity contribution in [3.05, 3.63) is 22.7 Å². The minimum Gasteiger partial charge on any atom is -0.495 e. The van der Waals surface area contributed by atoms with Crippen molar-refractivity contribution in [3.63, 3.8) is 0 Å². The van der Waals surface area contributed by atoms with Crippen LogP contribution in [0.4, 0.5) is 0 Å². The third kappa shape index (κ3) is 4.82. The number of likely N-dealkylation sites (N-methyl/N-ethyl adjacent to an activating group) is 1. The molecule has 1 rings (SSSR count). The fraction of sp³-hybridized carbons (Fsp3) is 0.538. The van der Waals surface area contributed by atoms with Crippen molar-refractivity contribution >= 4 is 21.6 Å². The van der Waals surface area contributed by atoms with E-state index in [1.54, 1.807) is 0 Å². The van der Waals surface area contributed by atoms with Crippen molar-refractivity contribution in [1.82, 2.24) is 9.62 Å². The normalized spacial score (nSPS) is 11.9. The Morgan fingerprint density at radius 1 is 1.43 bits per heavy atom. The lowest BCUT2D eigenvalue weighted by molar-refractivity contribution is 0.272. The number of ether oxygens (including phenoxy) is 1. The van der Waals surface area contributed by atoms with Gasteiger partial charge in [0.05, 0.1) is 13.7 Å². The number of methoxy groups -OCH3 is 1. The van der Waals surface area contributed by atoms with Gasteiger partial charge < -0.3 is 14.7 Å². The van der Waals surface area contributed by atoms with Crippen molar-refractivity contribution in [2.75, 3.05) is 33.8 Å². The molecule has 0 unspecified atom stereocenters. The molecule has 2 N–H and O–H groups in total. The van der Waals surface area contributed by atoms with Gasteiger partial charge in [-0.3, -0.25) is 0 Å². The lowest BCUT2D eigenvalue weighted by Crippen LogP contribution is -2.33. The number of aliphatic hydroxyl groups is 1. The van der Waals surface area contributed by atoms with E-state index < -0.39 is 10.0 Å². The number of nitrogens with one attached hydrogen (secondary N) is 1. The summed E-state index contributed by atoms with van der Waals surface area (Å²) in [7, 11) is -0.505. The van der Waals surface area contributed by atoms with E-state index >= 15 is 0 Å². The van der Waals surface area contributed by atoms with Gasteiger partial charge in [0.15, 0.2) is 0 Å². The highest BCUT2D eigenvalue weighted by Gasteiger charge is 2.22. The summed E-state index contributed by atoms with van der Waals surface area (Å²) in [6.07, 6.45) is 0. The topological polar surface area (TPSA) is 78.9 Å². The van der Waals surface area contributed by atoms with E-state index in [-0.39, 0.29) is 28.8 Å². The molecule has 0 spiro atoms. The monoisotopic (exact) mass is 336 g/mol. The molecular weight excluding hydrogens is 316 g/mol. The van der Waals surface area contributed by atoms with Crippen molar-refractivity contribution in [2.24, 2.45) is 0 Å². The Morgan fingerprint density at radius 2 is 2.10 bits per heavy atom. The van der Waals surface area contributed by atoms with Crippen LogP contribution in [0, 0.1) is 0 Å². The molecule has 0 aliphatic carbocycles. The Morgan fingerprint density at radius 3 is 2.62 bits per heavy atom. The Hall–Kier alpha value is -0.860. The fourth-order valence-electron chi connectivity index (χ4n) is 1.78. The Labute approximate surface area is 130 Å². The first-order chi connectivity index (χ1) is 9.85. The van der Waals surface area contributed by atoms with Crippen molar-refractivity contribution in [2.45, 2.75) is 18.4 Å². The second-order valence-corrected chi connectivity index (χ2v) is 6.72. The molecule has 6 nitrogen and oxygen atoms in total. The van der Waals surface area contributed by atoms with Crippen molar-refractivity contribution in [1.29, 1.82) is 0 Å². The molecule has 0 saturated carbocycles. The smallest absolute Gasteiger partial charge is 0.244 e. The molecule has 1 aromatic rings. The van der Waals surface area contributed by atoms with Gasteiger partial charge in [0, 0.05) is 23.7 Å². The van der Waals surface area contributed by atoms with E-state index in [2.05, 4.69) is 4.72 Å². The van der Waals surface area contributed by atoms with Crippen molar-refractivity contribution < 1.29 is 18.3 Å². The second kappa shape index (κ2) is 7.95. The van der Waals surface area contributed by atoms with Gasteiger partial charge >= 0.3 is 0 Å². The van der Waals surface area contributed by atoms with Gasteiger partial charge in [-0.25, -0.2) is 13.1 Å². The first-order valence-electron chi connectivity index (χ1n) is 6.51. The molecule has 0 aromatic heterocycles. The van der Waals surface area contributed by atoms with Crippen LogP contribution in [0.25, 0.3) is 0 Å². The third-order valence-electron chi connectivity index (χ3n) is 3.09. The summed E-state index contributed by atoms with van der Waals surface area (Å²) in [5, 5.41) is 9.51. The maximum absolute atomic E-state index is 12.4. The first-order valence-corrected chi connectivity index (χ1v) is 8.37. The summed E-state index contributed by atoms with van der Waals surface area (Å²) in [5.41, 5.74) is 0.330. The van der Waals surface area contributed by atoms with E-state index in [9.17, 15) is 13.5 Å². The number of hydrogen-bond acceptors (Lipinski definition) is 5. The van der Waals surface area contributed by atoms with E-state index in [0.717, 1.165) is 6.54 Å². The zero-order chi connectivity index (χ0) is 16.0. The van der Waals surface area contributed by atoms with Crippen molar-refractivity contribution in [3.8, 4) is 5.75 Å². The van der Waals surface area contributed by atoms with Crippen LogP contribution in [0.1, 0.15) is 12.5 Å². The molecule has 0 heterocycles. The number of nitrogens with zero attached hydrogens (tertiary/aromatic N) is 1. The van der Waals surface area contributed by atoms with Crippen LogP contribution in [-0.2, 0) is 16.6 Å². The van der Waals surface area contributed by atoms with Crippen LogP contribution < -0.4 is 9.46 Å². The minimum atomic E-state index is -3.76. The summed E-state index contributed by atoms with van der Waals surface area (Å²) in [4.78, 5) is 1.91. The molecule has 0 atom stereocenters. The lowest BCUT2D eigenvalue weighted by Gasteiger charge is -2.16. The molecule has 0 bridgehead atoms. The number of hydrogen-bond donors (Lipinski definition) is 2. The van der Waals surface area contributed by atoms with Crippen LogP contribution in [-0.4, -0.2) is 52.2 Å². The van der Waals surface area contributed by atoms with Crippen LogP contribution in [0.3, 0.4) is 0 Å². The van der Waals surface area contributed by atoms with Gasteiger partial charge in [0.1, 0.15) is 10.6 Å². The Balaban J connectivity index is 3.04. The molecule has 0 radical (unpaired) electrons. The number of benzene rings is 1. The highest BCUT2D eigenvalue weighted by molar-refractivity contribution is 7.89. The van der Waals surface area contributed by atoms with E-state index in [4.69, 9.17) is 16.3 Å². The Kier molecular flexibility index (Phi) is 6.89. The summed E-state index contributed by atoms with van der Waals surface area (Å²) in [6, 6.07) is 2.79. The summed E-state index contributed by atoms with van der Waals surface area (Å²) >= 11 is 5.90. The zero-order valence-electron chi connectivity index (χ0n) is 12.4. The predicted molar refractivity (Wildman–Crippen MR) is 82.3 cm³/mol. The summed E-state index contributed by atoms with van der Waals surface area (Å²) in [6.45, 7) is 3.33. The summed E-state index contributed by atoms with van der Waals surface area (Å²) < 4.78 is 32.3. The van der Waals surface area contributed by atoms with Crippen LogP contribution in [0.5, 0.6) is 5.75 Å². The molecule has 8 heteroatoms. The van der Waals surface area contributed by atoms with E-state index in [1.807, 2.05) is 18.9 Å². The van der Waals surface area contributed by atoms with Gasteiger partial charge in [-0.1, -0.05) is 18.5 Å². The molecule has 0 aliphatic rings. The molecule has 21 heavy (non-hydrogen) atoms. The second-order valence-electron chi connectivity index (χ2n) is 4.55. The molecule has 0 fully saturated rings. The fourth-order valence-corrected chi connectivity index (χ4v) is 3.34. The average molecular weight is 337 g/mol. The van der Waals surface area contributed by atoms with Gasteiger partial charge in [0.25, 0.3) is 0 Å². The van der Waals surface area contributed by atoms with Gasteiger partial charge in [-0.2, -0.15) is 0 Å². The molecular formula is C13H21ClN2O4S. The zero-order valence-corrected chi connectivity index (χ0v) is 14.0. The number of sulfonamides is 1. The van der Waals surface area contributed by atoms with Crippen LogP contribution >= 0.6 is 11.6 Å². The molecule has 0 saturated heterocycles. The molecule has 1 aromatic carbocycles. The number of halogens is 1. The highest BCUT2D eigenvalue weighted by atomic mass is 35.5. The quantitative estimate of drug-likeness (QED) is 0.742. The van der Waals surface area contributed by atoms with E-state index in [0.29, 0.717) is 12.1 Å². The third-order valence-corrected chi connectivity index (χ3v) is 4.77. The number of rotatable bonds is 8. The van der Waals surface area contributed by atoms with Gasteiger partial charge in [0.2, 0.25) is 10.0 Å². The van der Waals surface area contributed by atoms with Gasteiger partial charge in [-0.15, -0.1) is 0 Å². The maximum atomic E-state index is 12.4. The Bertz CT molecular complexity index is 578. The van der Waals surface area contributed by atoms with Gasteiger partial charge in [-0.05, 0) is 25.7 Å². The standard InChI is InChI=1S/C13H21ClN2O4S/c1-4-16(2)6-5-15-21(18,19)12-8-11(14)7-10(9-17)13(12)20-3/h7-8,15,17H,4-6,9H2,1-3H3. The minimum absolute atomic E-state index is 0.0688. The molecule has 120 valence electrons. The largest absolute Gasteiger partial charge is 0.495 e. The number of aliphatic hydroxyl groups excluding tert-OH is 1. The van der Waals surface area contributed by atoms with Crippen LogP contribution in [0.15, 0.2) is 17.0 Å². The molecule has 0 aliphatic heterocycles. The average Bonchev–Trinajstić information content (AvgIpc) is 2.45. The first kappa shape index (κ1) is 18.2. The molecule has 0 amide bonds. The highest BCUT2D eigenvalue weighted by Crippen LogP contribution is 2.31. The predicted octanol–water partition coefficient (Wildman–Crippen LogP) is 1.07. The summed E-state index contributed by atoms with van der Waals surface area (Å²) in [5.74, 6) is 0.109. The maximum Gasteiger partial charge on any atom is 0.244 e. The lowest BCUT2D eigenvalue weighted by atomic mass is 10.2. The van der Waals surface area contributed by atoms with Crippen LogP contribution in [0.2, 0.25) is 5.02 Å².